The third-order valence-corrected chi connectivity index (χ3v) is 13.4. The van der Waals surface area contributed by atoms with E-state index < -0.39 is 35.6 Å². The van der Waals surface area contributed by atoms with Gasteiger partial charge in [0, 0.05) is 62.2 Å². The molecule has 4 amide bonds. The molecular formula is C47H52F3N7O4. The second-order valence-electron chi connectivity index (χ2n) is 17.2. The van der Waals surface area contributed by atoms with Gasteiger partial charge in [0.1, 0.15) is 17.8 Å². The van der Waals surface area contributed by atoms with E-state index in [0.29, 0.717) is 66.5 Å². The predicted molar refractivity (Wildman–Crippen MR) is 226 cm³/mol. The molecule has 3 aromatic carbocycles. The molecule has 4 aliphatic heterocycles. The van der Waals surface area contributed by atoms with Crippen molar-refractivity contribution in [2.24, 2.45) is 17.1 Å². The lowest BCUT2D eigenvalue weighted by atomic mass is 9.71. The highest BCUT2D eigenvalue weighted by Crippen LogP contribution is 2.43. The Morgan fingerprint density at radius 1 is 0.852 bits per heavy atom. The number of primary amides is 1. The number of alkyl halides is 2. The summed E-state index contributed by atoms with van der Waals surface area (Å²) >= 11 is 0. The van der Waals surface area contributed by atoms with E-state index in [0.717, 1.165) is 64.0 Å². The van der Waals surface area contributed by atoms with Crippen LogP contribution in [0.25, 0.3) is 11.1 Å². The molecule has 320 valence electrons. The van der Waals surface area contributed by atoms with Crippen molar-refractivity contribution < 1.29 is 32.3 Å². The number of nitrogens with two attached hydrogens (primary N) is 1. The monoisotopic (exact) mass is 835 g/mol. The molecule has 11 nitrogen and oxygen atoms in total. The second-order valence-corrected chi connectivity index (χ2v) is 17.2. The number of nitrogens with one attached hydrogen (secondary N) is 2. The summed E-state index contributed by atoms with van der Waals surface area (Å²) in [7, 11) is 0. The van der Waals surface area contributed by atoms with Gasteiger partial charge in [0.15, 0.2) is 0 Å². The van der Waals surface area contributed by atoms with Crippen LogP contribution in [0.2, 0.25) is 0 Å². The first-order chi connectivity index (χ1) is 29.4. The number of likely N-dealkylation sites (tertiary alicyclic amines) is 2. The van der Waals surface area contributed by atoms with Crippen LogP contribution in [0.15, 0.2) is 91.1 Å². The summed E-state index contributed by atoms with van der Waals surface area (Å²) in [5.41, 5.74) is 9.16. The molecular weight excluding hydrogens is 784 g/mol. The topological polar surface area (TPSA) is 141 Å². The van der Waals surface area contributed by atoms with Crippen LogP contribution < -0.4 is 21.3 Å². The Balaban J connectivity index is 0.776. The van der Waals surface area contributed by atoms with Crippen LogP contribution in [0.5, 0.6) is 0 Å². The van der Waals surface area contributed by atoms with E-state index in [1.165, 1.54) is 23.1 Å². The van der Waals surface area contributed by atoms with Crippen molar-refractivity contribution in [3.8, 4) is 11.1 Å². The second kappa shape index (κ2) is 17.7. The summed E-state index contributed by atoms with van der Waals surface area (Å²) in [6.07, 6.45) is 7.64. The number of anilines is 2. The minimum Gasteiger partial charge on any atom is -0.374 e. The van der Waals surface area contributed by atoms with E-state index >= 15 is 13.2 Å². The summed E-state index contributed by atoms with van der Waals surface area (Å²) in [6.45, 7) is 4.93. The van der Waals surface area contributed by atoms with Gasteiger partial charge in [0.25, 0.3) is 5.91 Å². The third kappa shape index (κ3) is 9.29. The maximum absolute atomic E-state index is 15.6. The van der Waals surface area contributed by atoms with Gasteiger partial charge in [-0.15, -0.1) is 0 Å². The molecule has 4 aromatic rings. The number of carbonyl (C=O) groups excluding carboxylic acids is 4. The van der Waals surface area contributed by atoms with Gasteiger partial charge in [-0.05, 0) is 105 Å². The molecule has 0 aliphatic carbocycles. The number of aromatic nitrogens is 1. The number of nitrogens with zero attached hydrogens (tertiary/aromatic N) is 4. The van der Waals surface area contributed by atoms with E-state index in [4.69, 9.17) is 5.73 Å². The molecule has 2 atom stereocenters. The molecule has 0 bridgehead atoms. The number of benzene rings is 3. The average Bonchev–Trinajstić information content (AvgIpc) is 3.27. The van der Waals surface area contributed by atoms with E-state index in [1.807, 2.05) is 30.3 Å². The summed E-state index contributed by atoms with van der Waals surface area (Å²) in [5.74, 6) is -6.78. The Hall–Kier alpha value is -5.76. The van der Waals surface area contributed by atoms with Gasteiger partial charge >= 0.3 is 5.92 Å². The third-order valence-electron chi connectivity index (χ3n) is 13.4. The first-order valence-electron chi connectivity index (χ1n) is 21.3. The average molecular weight is 836 g/mol. The normalized spacial score (nSPS) is 20.6. The lowest BCUT2D eigenvalue weighted by Crippen LogP contribution is -2.49. The first-order valence-corrected chi connectivity index (χ1v) is 21.3. The van der Waals surface area contributed by atoms with E-state index in [2.05, 4.69) is 25.4 Å². The van der Waals surface area contributed by atoms with Crippen LogP contribution in [0.3, 0.4) is 0 Å². The Kier molecular flexibility index (Phi) is 12.2. The van der Waals surface area contributed by atoms with E-state index in [1.54, 1.807) is 42.6 Å². The van der Waals surface area contributed by atoms with Crippen LogP contribution in [0.1, 0.15) is 74.1 Å². The summed E-state index contributed by atoms with van der Waals surface area (Å²) in [4.78, 5) is 59.4. The molecule has 2 unspecified atom stereocenters. The molecule has 4 N–H and O–H groups in total. The Morgan fingerprint density at radius 3 is 2.15 bits per heavy atom. The van der Waals surface area contributed by atoms with Gasteiger partial charge in [-0.25, -0.2) is 4.39 Å². The van der Waals surface area contributed by atoms with Gasteiger partial charge in [-0.2, -0.15) is 8.78 Å². The maximum Gasteiger partial charge on any atom is 0.349 e. The first kappa shape index (κ1) is 42.0. The maximum atomic E-state index is 15.6. The molecule has 8 rings (SSSR count). The van der Waals surface area contributed by atoms with Crippen molar-refractivity contribution in [3.63, 3.8) is 0 Å². The van der Waals surface area contributed by atoms with Gasteiger partial charge < -0.3 is 25.8 Å². The van der Waals surface area contributed by atoms with E-state index in [9.17, 15) is 19.2 Å². The molecule has 4 saturated heterocycles. The lowest BCUT2D eigenvalue weighted by Gasteiger charge is -2.48. The Morgan fingerprint density at radius 2 is 1.52 bits per heavy atom. The molecule has 5 heterocycles. The molecule has 14 heteroatoms. The SMILES string of the molecule is NC(=O)C(c1ccccc1)c1ccc(-c2ccc(C(F)(F)C(=O)N3CCC(CN4CCC5(CC4)CCN(c4ccc(NC6CCC(=O)NC6=O)cc4F)CC5)CC3)cc2)cn1. The molecule has 0 saturated carbocycles. The van der Waals surface area contributed by atoms with Crippen LogP contribution in [0, 0.1) is 17.2 Å². The fraction of sp³-hybridized carbons (Fsp3) is 0.426. The van der Waals surface area contributed by atoms with Gasteiger partial charge in [0.2, 0.25) is 17.7 Å². The zero-order chi connectivity index (χ0) is 42.7. The van der Waals surface area contributed by atoms with Gasteiger partial charge in [-0.3, -0.25) is 29.5 Å². The minimum atomic E-state index is -3.67. The number of amides is 4. The molecule has 1 aromatic heterocycles. The van der Waals surface area contributed by atoms with Crippen molar-refractivity contribution in [2.75, 3.05) is 56.0 Å². The minimum absolute atomic E-state index is 0.218. The predicted octanol–water partition coefficient (Wildman–Crippen LogP) is 6.44. The molecule has 61 heavy (non-hydrogen) atoms. The van der Waals surface area contributed by atoms with Crippen LogP contribution in [-0.2, 0) is 25.1 Å². The summed E-state index contributed by atoms with van der Waals surface area (Å²) < 4.78 is 46.6. The highest BCUT2D eigenvalue weighted by molar-refractivity contribution is 6.01. The number of rotatable bonds is 11. The number of hydrogen-bond donors (Lipinski definition) is 3. The van der Waals surface area contributed by atoms with Crippen molar-refractivity contribution in [3.05, 3.63) is 114 Å². The molecule has 0 radical (unpaired) electrons. The number of piperidine rings is 4. The highest BCUT2D eigenvalue weighted by Gasteiger charge is 2.45. The Bertz CT molecular complexity index is 2220. The fourth-order valence-electron chi connectivity index (χ4n) is 9.57. The number of halogens is 3. The number of carbonyl (C=O) groups is 4. The van der Waals surface area contributed by atoms with Crippen molar-refractivity contribution in [2.45, 2.75) is 69.2 Å². The summed E-state index contributed by atoms with van der Waals surface area (Å²) in [6, 6.07) is 22.7. The lowest BCUT2D eigenvalue weighted by molar-refractivity contribution is -0.160. The number of hydrogen-bond acceptors (Lipinski definition) is 8. The van der Waals surface area contributed by atoms with Crippen molar-refractivity contribution in [1.82, 2.24) is 20.1 Å². The van der Waals surface area contributed by atoms with Gasteiger partial charge in [0.05, 0.1) is 11.4 Å². The molecule has 1 spiro atoms. The van der Waals surface area contributed by atoms with E-state index in [-0.39, 0.29) is 29.1 Å². The summed E-state index contributed by atoms with van der Waals surface area (Å²) in [5, 5.41) is 5.37. The molecule has 4 aliphatic rings. The zero-order valence-corrected chi connectivity index (χ0v) is 34.1. The largest absolute Gasteiger partial charge is 0.374 e. The van der Waals surface area contributed by atoms with Crippen LogP contribution >= 0.6 is 0 Å². The number of imide groups is 1. The Labute approximate surface area is 353 Å². The van der Waals surface area contributed by atoms with Crippen LogP contribution in [-0.4, -0.2) is 90.3 Å². The van der Waals surface area contributed by atoms with Crippen molar-refractivity contribution in [1.29, 1.82) is 0 Å². The molecule has 4 fully saturated rings. The van der Waals surface area contributed by atoms with Crippen LogP contribution in [0.4, 0.5) is 24.5 Å². The van der Waals surface area contributed by atoms with Gasteiger partial charge in [-0.1, -0.05) is 60.7 Å². The quantitative estimate of drug-likeness (QED) is 0.147. The number of pyridine rings is 1. The smallest absolute Gasteiger partial charge is 0.349 e. The highest BCUT2D eigenvalue weighted by atomic mass is 19.3. The van der Waals surface area contributed by atoms with Crippen molar-refractivity contribution >= 4 is 35.0 Å². The fourth-order valence-corrected chi connectivity index (χ4v) is 9.57. The standard InChI is InChI=1S/C47H52F3N7O4/c48-37-28-36(53-39-13-15-41(58)54-44(39)60)11-14-40(37)56-26-20-46(21-27-56)18-24-55(25-19-46)30-31-16-22-57(23-17-31)45(61)47(49,50)35-9-6-32(7-10-35)34-8-12-38(52-29-34)42(43(51)59)33-4-2-1-3-5-33/h1-12,14,28-29,31,39,42,53H,13,15-27,30H2,(H2,51,59)(H,54,58,60). The zero-order valence-electron chi connectivity index (χ0n) is 34.1.